The van der Waals surface area contributed by atoms with Crippen molar-refractivity contribution in [2.24, 2.45) is 17.8 Å². The molecule has 0 aromatic heterocycles. The minimum atomic E-state index is -0.394. The van der Waals surface area contributed by atoms with Crippen LogP contribution in [0.4, 0.5) is 0 Å². The van der Waals surface area contributed by atoms with E-state index in [9.17, 15) is 9.59 Å². The molecule has 0 aliphatic heterocycles. The van der Waals surface area contributed by atoms with E-state index >= 15 is 0 Å². The van der Waals surface area contributed by atoms with E-state index in [-0.39, 0.29) is 23.8 Å². The highest BCUT2D eigenvalue weighted by Crippen LogP contribution is 2.49. The molecule has 0 radical (unpaired) electrons. The first-order valence-corrected chi connectivity index (χ1v) is 8.21. The number of esters is 2. The van der Waals surface area contributed by atoms with Gasteiger partial charge in [-0.05, 0) is 31.6 Å². The normalized spacial score (nSPS) is 26.6. The molecule has 0 N–H and O–H groups in total. The highest BCUT2D eigenvalue weighted by Gasteiger charge is 2.51. The smallest absolute Gasteiger partial charge is 0.313 e. The van der Waals surface area contributed by atoms with Crippen molar-refractivity contribution in [3.63, 3.8) is 0 Å². The Morgan fingerprint density at radius 2 is 1.71 bits per heavy atom. The van der Waals surface area contributed by atoms with Gasteiger partial charge in [-0.3, -0.25) is 9.59 Å². The maximum absolute atomic E-state index is 12.3. The van der Waals surface area contributed by atoms with Crippen molar-refractivity contribution in [3.8, 4) is 0 Å². The van der Waals surface area contributed by atoms with Gasteiger partial charge in [0.1, 0.15) is 0 Å². The van der Waals surface area contributed by atoms with E-state index in [0.29, 0.717) is 13.2 Å². The average Bonchev–Trinajstić information content (AvgIpc) is 3.08. The lowest BCUT2D eigenvalue weighted by Gasteiger charge is -2.24. The number of carbonyl (C=O) groups excluding carboxylic acids is 2. The zero-order valence-electron chi connectivity index (χ0n) is 13.1. The van der Waals surface area contributed by atoms with Gasteiger partial charge in [0, 0.05) is 0 Å². The zero-order chi connectivity index (χ0) is 15.2. The highest BCUT2D eigenvalue weighted by molar-refractivity contribution is 5.86. The predicted octanol–water partition coefficient (Wildman–Crippen LogP) is 3.26. The van der Waals surface area contributed by atoms with Crippen molar-refractivity contribution < 1.29 is 19.1 Å². The number of ether oxygens (including phenoxy) is 2. The summed E-state index contributed by atoms with van der Waals surface area (Å²) in [6.07, 6.45) is 7.57. The van der Waals surface area contributed by atoms with E-state index in [1.54, 1.807) is 0 Å². The van der Waals surface area contributed by atoms with Crippen LogP contribution in [0.1, 0.15) is 52.4 Å². The molecule has 0 aromatic rings. The van der Waals surface area contributed by atoms with Crippen LogP contribution < -0.4 is 0 Å². The number of fused-ring (bicyclic) bond motifs is 2. The van der Waals surface area contributed by atoms with Crippen molar-refractivity contribution in [2.75, 3.05) is 13.2 Å². The lowest BCUT2D eigenvalue weighted by Crippen LogP contribution is -2.34. The number of hydrogen-bond donors (Lipinski definition) is 0. The fraction of sp³-hybridized carbons (Fsp3) is 0.765. The number of unbranched alkanes of at least 4 members (excludes halogenated alkanes) is 2. The molecule has 3 unspecified atom stereocenters. The summed E-state index contributed by atoms with van der Waals surface area (Å²) in [7, 11) is 0. The monoisotopic (exact) mass is 294 g/mol. The maximum atomic E-state index is 12.3. The fourth-order valence-electron chi connectivity index (χ4n) is 3.25. The molecule has 0 saturated heterocycles. The molecule has 21 heavy (non-hydrogen) atoms. The molecule has 2 aliphatic carbocycles. The van der Waals surface area contributed by atoms with E-state index in [4.69, 9.17) is 9.47 Å². The highest BCUT2D eigenvalue weighted by atomic mass is 16.5. The van der Waals surface area contributed by atoms with Crippen LogP contribution in [-0.2, 0) is 19.1 Å². The summed E-state index contributed by atoms with van der Waals surface area (Å²) < 4.78 is 10.7. The summed E-state index contributed by atoms with van der Waals surface area (Å²) in [6, 6.07) is 0. The molecule has 118 valence electrons. The van der Waals surface area contributed by atoms with Gasteiger partial charge in [-0.2, -0.15) is 0 Å². The molecular weight excluding hydrogens is 268 g/mol. The summed E-state index contributed by atoms with van der Waals surface area (Å²) in [4.78, 5) is 24.6. The molecule has 2 rings (SSSR count). The third-order valence-electron chi connectivity index (χ3n) is 4.46. The fourth-order valence-corrected chi connectivity index (χ4v) is 3.25. The average molecular weight is 294 g/mol. The Morgan fingerprint density at radius 3 is 2.33 bits per heavy atom. The Morgan fingerprint density at radius 1 is 1.10 bits per heavy atom. The molecule has 4 heteroatoms. The second-order valence-corrected chi connectivity index (χ2v) is 6.02. The number of rotatable bonds is 8. The van der Waals surface area contributed by atoms with E-state index in [1.807, 2.05) is 0 Å². The minimum absolute atomic E-state index is 0.214. The Bertz CT molecular complexity index is 413. The minimum Gasteiger partial charge on any atom is -0.465 e. The molecule has 0 aromatic carbocycles. The van der Waals surface area contributed by atoms with E-state index in [2.05, 4.69) is 19.9 Å². The Kier molecular flexibility index (Phi) is 5.83. The number of hydrogen-bond acceptors (Lipinski definition) is 4. The molecule has 1 saturated carbocycles. The maximum Gasteiger partial charge on any atom is 0.313 e. The van der Waals surface area contributed by atoms with Gasteiger partial charge in [0.2, 0.25) is 0 Å². The summed E-state index contributed by atoms with van der Waals surface area (Å²) in [5.74, 6) is -0.938. The summed E-state index contributed by atoms with van der Waals surface area (Å²) in [5.41, 5.74) is 1.08. The van der Waals surface area contributed by atoms with Crippen LogP contribution in [0.15, 0.2) is 11.6 Å². The molecule has 4 nitrogen and oxygen atoms in total. The van der Waals surface area contributed by atoms with Gasteiger partial charge in [0.25, 0.3) is 0 Å². The van der Waals surface area contributed by atoms with Gasteiger partial charge in [-0.1, -0.05) is 38.3 Å². The standard InChI is InChI=1S/C17H26O4/c1-3-5-9-20-16(18)14-12-7-8-13(11-12)15(14)17(19)21-10-6-4-2/h7,13-15H,3-6,8-11H2,1-2H3. The molecule has 2 bridgehead atoms. The largest absolute Gasteiger partial charge is 0.465 e. The second-order valence-electron chi connectivity index (χ2n) is 6.02. The van der Waals surface area contributed by atoms with Crippen LogP contribution in [0.5, 0.6) is 0 Å². The molecular formula is C17H26O4. The van der Waals surface area contributed by atoms with Crippen molar-refractivity contribution >= 4 is 11.9 Å². The number of allylic oxidation sites excluding steroid dienone is 1. The Labute approximate surface area is 126 Å². The zero-order valence-corrected chi connectivity index (χ0v) is 13.1. The molecule has 3 atom stereocenters. The third kappa shape index (κ3) is 3.66. The summed E-state index contributed by atoms with van der Waals surface area (Å²) >= 11 is 0. The van der Waals surface area contributed by atoms with Gasteiger partial charge in [-0.25, -0.2) is 0 Å². The topological polar surface area (TPSA) is 52.6 Å². The van der Waals surface area contributed by atoms with Crippen molar-refractivity contribution in [2.45, 2.75) is 52.4 Å². The number of carbonyl (C=O) groups is 2. The van der Waals surface area contributed by atoms with E-state index in [0.717, 1.165) is 44.1 Å². The molecule has 0 spiro atoms. The first kappa shape index (κ1) is 16.1. The molecule has 0 heterocycles. The molecule has 2 aliphatic rings. The SMILES string of the molecule is CCCCOC(=O)C1C2=CCC(C2)C1C(=O)OCCCC. The third-order valence-corrected chi connectivity index (χ3v) is 4.46. The summed E-state index contributed by atoms with van der Waals surface area (Å²) in [6.45, 7) is 5.02. The second kappa shape index (κ2) is 7.62. The Balaban J connectivity index is 1.96. The Hall–Kier alpha value is -1.32. The van der Waals surface area contributed by atoms with Crippen LogP contribution >= 0.6 is 0 Å². The van der Waals surface area contributed by atoms with Gasteiger partial charge in [0.05, 0.1) is 25.0 Å². The summed E-state index contributed by atoms with van der Waals surface area (Å²) in [5, 5.41) is 0. The molecule has 1 fully saturated rings. The van der Waals surface area contributed by atoms with Crippen molar-refractivity contribution in [1.29, 1.82) is 0 Å². The lowest BCUT2D eigenvalue weighted by molar-refractivity contribution is -0.160. The quantitative estimate of drug-likeness (QED) is 0.392. The van der Waals surface area contributed by atoms with Crippen LogP contribution in [-0.4, -0.2) is 25.2 Å². The van der Waals surface area contributed by atoms with Crippen molar-refractivity contribution in [3.05, 3.63) is 11.6 Å². The first-order chi connectivity index (χ1) is 10.2. The first-order valence-electron chi connectivity index (χ1n) is 8.21. The van der Waals surface area contributed by atoms with Gasteiger partial charge >= 0.3 is 11.9 Å². The van der Waals surface area contributed by atoms with Crippen LogP contribution in [0.2, 0.25) is 0 Å². The lowest BCUT2D eigenvalue weighted by atomic mass is 9.83. The van der Waals surface area contributed by atoms with Gasteiger partial charge in [0.15, 0.2) is 0 Å². The van der Waals surface area contributed by atoms with Crippen LogP contribution in [0, 0.1) is 17.8 Å². The van der Waals surface area contributed by atoms with E-state index in [1.165, 1.54) is 0 Å². The van der Waals surface area contributed by atoms with Gasteiger partial charge in [-0.15, -0.1) is 0 Å². The molecule has 0 amide bonds. The predicted molar refractivity (Wildman–Crippen MR) is 79.5 cm³/mol. The van der Waals surface area contributed by atoms with E-state index < -0.39 is 5.92 Å². The van der Waals surface area contributed by atoms with Crippen LogP contribution in [0.25, 0.3) is 0 Å². The van der Waals surface area contributed by atoms with Crippen molar-refractivity contribution in [1.82, 2.24) is 0 Å². The van der Waals surface area contributed by atoms with Gasteiger partial charge < -0.3 is 9.47 Å². The van der Waals surface area contributed by atoms with Crippen LogP contribution in [0.3, 0.4) is 0 Å².